The zero-order chi connectivity index (χ0) is 12.4. The first-order chi connectivity index (χ1) is 8.11. The molecule has 0 aliphatic heterocycles. The van der Waals surface area contributed by atoms with Crippen LogP contribution in [0.3, 0.4) is 0 Å². The molecule has 3 nitrogen and oxygen atoms in total. The first kappa shape index (κ1) is 11.5. The van der Waals surface area contributed by atoms with E-state index < -0.39 is 11.8 Å². The number of hydrogen-bond donors (Lipinski definition) is 1. The van der Waals surface area contributed by atoms with Crippen molar-refractivity contribution in [2.45, 2.75) is 0 Å². The summed E-state index contributed by atoms with van der Waals surface area (Å²) in [5.74, 6) is -1.63. The van der Waals surface area contributed by atoms with E-state index >= 15 is 0 Å². The molecule has 0 atom stereocenters. The van der Waals surface area contributed by atoms with Crippen LogP contribution in [0, 0.1) is 5.82 Å². The fourth-order valence-electron chi connectivity index (χ4n) is 1.47. The van der Waals surface area contributed by atoms with Crippen molar-refractivity contribution in [1.82, 2.24) is 0 Å². The van der Waals surface area contributed by atoms with E-state index in [1.165, 1.54) is 6.07 Å². The Morgan fingerprint density at radius 2 is 2.06 bits per heavy atom. The van der Waals surface area contributed by atoms with Gasteiger partial charge in [-0.2, -0.15) is 0 Å². The summed E-state index contributed by atoms with van der Waals surface area (Å²) in [6.07, 6.45) is 0.675. The molecule has 17 heavy (non-hydrogen) atoms. The molecule has 2 aromatic rings. The molecule has 1 N–H and O–H groups in total. The third-order valence-corrected chi connectivity index (χ3v) is 3.26. The van der Waals surface area contributed by atoms with Gasteiger partial charge in [-0.15, -0.1) is 11.3 Å². The van der Waals surface area contributed by atoms with Gasteiger partial charge in [0.25, 0.3) is 0 Å². The molecule has 0 aliphatic rings. The lowest BCUT2D eigenvalue weighted by atomic mass is 10.1. The molecule has 0 saturated heterocycles. The summed E-state index contributed by atoms with van der Waals surface area (Å²) in [6, 6.07) is 6.65. The molecule has 0 radical (unpaired) electrons. The van der Waals surface area contributed by atoms with Gasteiger partial charge in [-0.05, 0) is 30.3 Å². The largest absolute Gasteiger partial charge is 0.478 e. The van der Waals surface area contributed by atoms with E-state index in [-0.39, 0.29) is 11.1 Å². The van der Waals surface area contributed by atoms with Crippen molar-refractivity contribution >= 4 is 23.6 Å². The normalized spacial score (nSPS) is 10.2. The van der Waals surface area contributed by atoms with E-state index in [1.807, 2.05) is 0 Å². The molecule has 0 bridgehead atoms. The summed E-state index contributed by atoms with van der Waals surface area (Å²) in [5, 5.41) is 8.99. The van der Waals surface area contributed by atoms with Crippen molar-refractivity contribution in [3.63, 3.8) is 0 Å². The van der Waals surface area contributed by atoms with Crippen LogP contribution in [0.15, 0.2) is 30.3 Å². The van der Waals surface area contributed by atoms with E-state index in [0.717, 1.165) is 23.5 Å². The molecule has 0 aliphatic carbocycles. The number of rotatable bonds is 3. The van der Waals surface area contributed by atoms with Crippen molar-refractivity contribution in [1.29, 1.82) is 0 Å². The predicted octanol–water partition coefficient (Wildman–Crippen LogP) is 3.06. The van der Waals surface area contributed by atoms with Gasteiger partial charge < -0.3 is 5.11 Å². The standard InChI is InChI=1S/C12H7FO3S/c13-7-1-3-9(12(15)16)10(5-7)11-4-2-8(6-14)17-11/h1-6H,(H,15,16). The number of aromatic carboxylic acids is 1. The number of carboxylic acid groups (broad SMARTS) is 1. The molecule has 1 heterocycles. The van der Waals surface area contributed by atoms with Gasteiger partial charge in [0.1, 0.15) is 5.82 Å². The molecule has 0 saturated carbocycles. The number of aldehydes is 1. The molecule has 2 rings (SSSR count). The van der Waals surface area contributed by atoms with Crippen molar-refractivity contribution in [3.8, 4) is 10.4 Å². The average Bonchev–Trinajstić information content (AvgIpc) is 2.76. The van der Waals surface area contributed by atoms with Gasteiger partial charge in [-0.25, -0.2) is 9.18 Å². The summed E-state index contributed by atoms with van der Waals surface area (Å²) in [6.45, 7) is 0. The lowest BCUT2D eigenvalue weighted by Gasteiger charge is -2.03. The van der Waals surface area contributed by atoms with Crippen LogP contribution in [0.25, 0.3) is 10.4 Å². The van der Waals surface area contributed by atoms with Crippen LogP contribution in [-0.4, -0.2) is 17.4 Å². The minimum atomic E-state index is -1.12. The number of carboxylic acids is 1. The molecular weight excluding hydrogens is 243 g/mol. The Morgan fingerprint density at radius 3 is 2.65 bits per heavy atom. The van der Waals surface area contributed by atoms with Gasteiger partial charge in [0.2, 0.25) is 0 Å². The maximum Gasteiger partial charge on any atom is 0.336 e. The minimum Gasteiger partial charge on any atom is -0.478 e. The van der Waals surface area contributed by atoms with Gasteiger partial charge in [0.05, 0.1) is 10.4 Å². The van der Waals surface area contributed by atoms with Gasteiger partial charge >= 0.3 is 5.97 Å². The lowest BCUT2D eigenvalue weighted by Crippen LogP contribution is -1.99. The molecule has 0 unspecified atom stereocenters. The predicted molar refractivity (Wildman–Crippen MR) is 62.1 cm³/mol. The summed E-state index contributed by atoms with van der Waals surface area (Å²) >= 11 is 1.13. The van der Waals surface area contributed by atoms with Crippen molar-refractivity contribution in [3.05, 3.63) is 46.6 Å². The highest BCUT2D eigenvalue weighted by Crippen LogP contribution is 2.30. The second-order valence-electron chi connectivity index (χ2n) is 3.31. The van der Waals surface area contributed by atoms with Crippen LogP contribution < -0.4 is 0 Å². The number of carbonyl (C=O) groups excluding carboxylic acids is 1. The second-order valence-corrected chi connectivity index (χ2v) is 4.43. The Morgan fingerprint density at radius 1 is 1.29 bits per heavy atom. The maximum absolute atomic E-state index is 13.1. The molecule has 1 aromatic carbocycles. The van der Waals surface area contributed by atoms with Gasteiger partial charge in [0.15, 0.2) is 6.29 Å². The van der Waals surface area contributed by atoms with E-state index in [2.05, 4.69) is 0 Å². The molecular formula is C12H7FO3S. The maximum atomic E-state index is 13.1. The summed E-state index contributed by atoms with van der Waals surface area (Å²) < 4.78 is 13.1. The third kappa shape index (κ3) is 2.24. The van der Waals surface area contributed by atoms with Gasteiger partial charge in [0, 0.05) is 10.4 Å². The fourth-order valence-corrected chi connectivity index (χ4v) is 2.32. The van der Waals surface area contributed by atoms with E-state index in [4.69, 9.17) is 5.11 Å². The molecule has 5 heteroatoms. The van der Waals surface area contributed by atoms with Crippen LogP contribution in [0.4, 0.5) is 4.39 Å². The number of carbonyl (C=O) groups is 2. The first-order valence-electron chi connectivity index (χ1n) is 4.70. The number of hydrogen-bond acceptors (Lipinski definition) is 3. The first-order valence-corrected chi connectivity index (χ1v) is 5.51. The summed E-state index contributed by atoms with van der Waals surface area (Å²) in [5.41, 5.74) is 0.307. The fraction of sp³-hybridized carbons (Fsp3) is 0. The van der Waals surface area contributed by atoms with Crippen molar-refractivity contribution in [2.75, 3.05) is 0 Å². The summed E-state index contributed by atoms with van der Waals surface area (Å²) in [4.78, 5) is 22.6. The second kappa shape index (κ2) is 4.47. The zero-order valence-electron chi connectivity index (χ0n) is 8.51. The molecule has 0 fully saturated rings. The highest BCUT2D eigenvalue weighted by Gasteiger charge is 2.14. The van der Waals surface area contributed by atoms with Gasteiger partial charge in [-0.3, -0.25) is 4.79 Å². The molecule has 86 valence electrons. The Hall–Kier alpha value is -2.01. The topological polar surface area (TPSA) is 54.4 Å². The monoisotopic (exact) mass is 250 g/mol. The van der Waals surface area contributed by atoms with Crippen LogP contribution in [0.5, 0.6) is 0 Å². The molecule has 0 spiro atoms. The van der Waals surface area contributed by atoms with Crippen molar-refractivity contribution < 1.29 is 19.1 Å². The Kier molecular flexibility index (Phi) is 3.01. The van der Waals surface area contributed by atoms with E-state index in [0.29, 0.717) is 16.0 Å². The zero-order valence-corrected chi connectivity index (χ0v) is 9.33. The Bertz CT molecular complexity index is 589. The SMILES string of the molecule is O=Cc1ccc(-c2cc(F)ccc2C(=O)O)s1. The number of halogens is 1. The molecule has 0 amide bonds. The van der Waals surface area contributed by atoms with Crippen LogP contribution >= 0.6 is 11.3 Å². The minimum absolute atomic E-state index is 0.0192. The van der Waals surface area contributed by atoms with Gasteiger partial charge in [-0.1, -0.05) is 0 Å². The van der Waals surface area contributed by atoms with Crippen molar-refractivity contribution in [2.24, 2.45) is 0 Å². The van der Waals surface area contributed by atoms with Crippen LogP contribution in [0.1, 0.15) is 20.0 Å². The number of benzene rings is 1. The smallest absolute Gasteiger partial charge is 0.336 e. The van der Waals surface area contributed by atoms with Crippen LogP contribution in [-0.2, 0) is 0 Å². The van der Waals surface area contributed by atoms with E-state index in [1.54, 1.807) is 12.1 Å². The lowest BCUT2D eigenvalue weighted by molar-refractivity contribution is 0.0697. The quantitative estimate of drug-likeness (QED) is 0.852. The van der Waals surface area contributed by atoms with E-state index in [9.17, 15) is 14.0 Å². The average molecular weight is 250 g/mol. The highest BCUT2D eigenvalue weighted by atomic mass is 32.1. The molecule has 1 aromatic heterocycles. The Labute approximate surface area is 100 Å². The number of thiophene rings is 1. The van der Waals surface area contributed by atoms with Crippen LogP contribution in [0.2, 0.25) is 0 Å². The Balaban J connectivity index is 2.60. The third-order valence-electron chi connectivity index (χ3n) is 2.22. The highest BCUT2D eigenvalue weighted by molar-refractivity contribution is 7.17. The summed E-state index contributed by atoms with van der Waals surface area (Å²) in [7, 11) is 0.